The van der Waals surface area contributed by atoms with Gasteiger partial charge in [0.1, 0.15) is 0 Å². The number of nitrogens with zero attached hydrogens (tertiary/aromatic N) is 1. The molecule has 0 fully saturated rings. The number of benzene rings is 1. The Bertz CT molecular complexity index is 535. The average molecular weight is 497 g/mol. The molecule has 7 heteroatoms. The molecule has 0 radical (unpaired) electrons. The van der Waals surface area contributed by atoms with Crippen molar-refractivity contribution in [3.8, 4) is 0 Å². The lowest BCUT2D eigenvalue weighted by atomic mass is 10.2. The van der Waals surface area contributed by atoms with Gasteiger partial charge in [0.2, 0.25) is 5.91 Å². The molecule has 23 heavy (non-hydrogen) atoms. The lowest BCUT2D eigenvalue weighted by Crippen LogP contribution is -2.41. The largest absolute Gasteiger partial charge is 0.357 e. The van der Waals surface area contributed by atoms with Gasteiger partial charge in [-0.25, -0.2) is 0 Å². The number of aliphatic imine (C=N–C) groups is 1. The van der Waals surface area contributed by atoms with E-state index in [2.05, 4.69) is 50.7 Å². The number of anilines is 1. The lowest BCUT2D eigenvalue weighted by molar-refractivity contribution is -0.116. The van der Waals surface area contributed by atoms with E-state index in [4.69, 9.17) is 0 Å². The maximum atomic E-state index is 12.0. The van der Waals surface area contributed by atoms with Crippen molar-refractivity contribution in [3.63, 3.8) is 0 Å². The van der Waals surface area contributed by atoms with Gasteiger partial charge in [0.25, 0.3) is 0 Å². The molecular weight excluding hydrogens is 471 g/mol. The molecule has 0 aliphatic carbocycles. The fourth-order valence-electron chi connectivity index (χ4n) is 1.80. The van der Waals surface area contributed by atoms with Gasteiger partial charge in [-0.3, -0.25) is 9.79 Å². The molecule has 0 saturated carbocycles. The Morgan fingerprint density at radius 1 is 1.35 bits per heavy atom. The van der Waals surface area contributed by atoms with E-state index in [9.17, 15) is 4.79 Å². The van der Waals surface area contributed by atoms with Crippen molar-refractivity contribution in [1.82, 2.24) is 10.6 Å². The number of nitrogens with one attached hydrogen (secondary N) is 3. The smallest absolute Gasteiger partial charge is 0.226 e. The molecule has 1 aromatic rings. The molecule has 0 aliphatic rings. The second kappa shape index (κ2) is 11.7. The van der Waals surface area contributed by atoms with E-state index in [1.165, 1.54) is 0 Å². The normalized spacial score (nSPS) is 11.0. The molecule has 1 amide bonds. The van der Waals surface area contributed by atoms with Crippen molar-refractivity contribution < 1.29 is 4.79 Å². The number of carbonyl (C=O) groups excluding carboxylic acids is 1. The first kappa shape index (κ1) is 22.2. The zero-order valence-corrected chi connectivity index (χ0v) is 18.0. The molecule has 1 aromatic carbocycles. The lowest BCUT2D eigenvalue weighted by Gasteiger charge is -2.14. The predicted octanol–water partition coefficient (Wildman–Crippen LogP) is 3.67. The van der Waals surface area contributed by atoms with Gasteiger partial charge in [0, 0.05) is 29.2 Å². The van der Waals surface area contributed by atoms with Gasteiger partial charge in [0.05, 0.1) is 6.54 Å². The van der Waals surface area contributed by atoms with E-state index in [1.54, 1.807) is 0 Å². The third-order valence-electron chi connectivity index (χ3n) is 2.85. The minimum Gasteiger partial charge on any atom is -0.357 e. The highest BCUT2D eigenvalue weighted by atomic mass is 127. The number of hydrogen-bond acceptors (Lipinski definition) is 2. The fourth-order valence-corrected chi connectivity index (χ4v) is 2.17. The second-order valence-corrected chi connectivity index (χ2v) is 6.23. The Kier molecular flexibility index (Phi) is 11.2. The number of hydrogen-bond donors (Lipinski definition) is 3. The van der Waals surface area contributed by atoms with Gasteiger partial charge in [-0.1, -0.05) is 22.0 Å². The topological polar surface area (TPSA) is 65.5 Å². The van der Waals surface area contributed by atoms with Gasteiger partial charge in [-0.05, 0) is 45.4 Å². The summed E-state index contributed by atoms with van der Waals surface area (Å²) in [6.07, 6.45) is 0.348. The summed E-state index contributed by atoms with van der Waals surface area (Å²) < 4.78 is 0.946. The van der Waals surface area contributed by atoms with Crippen LogP contribution in [0.4, 0.5) is 5.69 Å². The maximum absolute atomic E-state index is 12.0. The molecule has 0 saturated heterocycles. The summed E-state index contributed by atoms with van der Waals surface area (Å²) >= 11 is 3.41. The standard InChI is InChI=1S/C16H25BrN4O.HI/c1-5-18-16(20-11(2)3)19-9-8-15(22)21-14-10-13(17)7-6-12(14)4;/h6-7,10-11H,5,8-9H2,1-4H3,(H,21,22)(H2,18,19,20);1H. The molecule has 0 atom stereocenters. The first-order valence-electron chi connectivity index (χ1n) is 7.53. The summed E-state index contributed by atoms with van der Waals surface area (Å²) in [7, 11) is 0. The third kappa shape index (κ3) is 9.14. The molecular formula is C16H26BrIN4O. The van der Waals surface area contributed by atoms with E-state index in [1.807, 2.05) is 32.0 Å². The SMILES string of the molecule is CCNC(=NCCC(=O)Nc1cc(Br)ccc1C)NC(C)C.I. The van der Waals surface area contributed by atoms with E-state index < -0.39 is 0 Å². The van der Waals surface area contributed by atoms with Crippen molar-refractivity contribution in [3.05, 3.63) is 28.2 Å². The molecule has 0 unspecified atom stereocenters. The van der Waals surface area contributed by atoms with Crippen LogP contribution in [-0.2, 0) is 4.79 Å². The fraction of sp³-hybridized carbons (Fsp3) is 0.500. The van der Waals surface area contributed by atoms with Crippen LogP contribution in [0.25, 0.3) is 0 Å². The second-order valence-electron chi connectivity index (χ2n) is 5.32. The first-order valence-corrected chi connectivity index (χ1v) is 8.32. The first-order chi connectivity index (χ1) is 10.4. The Hall–Kier alpha value is -0.830. The number of aryl methyl sites for hydroxylation is 1. The van der Waals surface area contributed by atoms with Crippen LogP contribution in [0.5, 0.6) is 0 Å². The van der Waals surface area contributed by atoms with Crippen LogP contribution >= 0.6 is 39.9 Å². The molecule has 5 nitrogen and oxygen atoms in total. The quantitative estimate of drug-likeness (QED) is 0.320. The minimum absolute atomic E-state index is 0. The predicted molar refractivity (Wildman–Crippen MR) is 112 cm³/mol. The molecule has 0 heterocycles. The number of halogens is 2. The maximum Gasteiger partial charge on any atom is 0.226 e. The molecule has 130 valence electrons. The summed E-state index contributed by atoms with van der Waals surface area (Å²) in [6, 6.07) is 6.13. The highest BCUT2D eigenvalue weighted by molar-refractivity contribution is 14.0. The van der Waals surface area contributed by atoms with Crippen molar-refractivity contribution in [1.29, 1.82) is 0 Å². The molecule has 0 spiro atoms. The summed E-state index contributed by atoms with van der Waals surface area (Å²) in [5.74, 6) is 0.703. The molecule has 1 rings (SSSR count). The van der Waals surface area contributed by atoms with Crippen LogP contribution in [0.15, 0.2) is 27.7 Å². The molecule has 0 bridgehead atoms. The highest BCUT2D eigenvalue weighted by Crippen LogP contribution is 2.20. The Balaban J connectivity index is 0.00000484. The van der Waals surface area contributed by atoms with Gasteiger partial charge >= 0.3 is 0 Å². The van der Waals surface area contributed by atoms with Gasteiger partial charge < -0.3 is 16.0 Å². The van der Waals surface area contributed by atoms with Gasteiger partial charge in [-0.15, -0.1) is 24.0 Å². The summed E-state index contributed by atoms with van der Waals surface area (Å²) in [6.45, 7) is 9.32. The number of carbonyl (C=O) groups is 1. The van der Waals surface area contributed by atoms with Crippen molar-refractivity contribution in [2.24, 2.45) is 4.99 Å². The number of rotatable bonds is 6. The average Bonchev–Trinajstić information content (AvgIpc) is 2.42. The van der Waals surface area contributed by atoms with Crippen molar-refractivity contribution in [2.75, 3.05) is 18.4 Å². The van der Waals surface area contributed by atoms with E-state index in [0.29, 0.717) is 19.0 Å². The van der Waals surface area contributed by atoms with Crippen LogP contribution in [0, 0.1) is 6.92 Å². The Morgan fingerprint density at radius 3 is 2.65 bits per heavy atom. The molecule has 0 aromatic heterocycles. The number of guanidine groups is 1. The summed E-state index contributed by atoms with van der Waals surface area (Å²) in [5.41, 5.74) is 1.87. The highest BCUT2D eigenvalue weighted by Gasteiger charge is 2.06. The van der Waals surface area contributed by atoms with E-state index >= 15 is 0 Å². The van der Waals surface area contributed by atoms with E-state index in [0.717, 1.165) is 28.2 Å². The van der Waals surface area contributed by atoms with Crippen LogP contribution in [0.1, 0.15) is 32.8 Å². The van der Waals surface area contributed by atoms with Crippen LogP contribution < -0.4 is 16.0 Å². The van der Waals surface area contributed by atoms with Crippen molar-refractivity contribution >= 4 is 57.5 Å². The number of amides is 1. The monoisotopic (exact) mass is 496 g/mol. The van der Waals surface area contributed by atoms with Gasteiger partial charge in [-0.2, -0.15) is 0 Å². The van der Waals surface area contributed by atoms with E-state index in [-0.39, 0.29) is 29.9 Å². The molecule has 0 aliphatic heterocycles. The Morgan fingerprint density at radius 2 is 2.04 bits per heavy atom. The third-order valence-corrected chi connectivity index (χ3v) is 3.35. The minimum atomic E-state index is -0.0367. The summed E-state index contributed by atoms with van der Waals surface area (Å²) in [4.78, 5) is 16.4. The van der Waals surface area contributed by atoms with Crippen LogP contribution in [0.3, 0.4) is 0 Å². The molecule has 3 N–H and O–H groups in total. The summed E-state index contributed by atoms with van der Waals surface area (Å²) in [5, 5.41) is 9.30. The van der Waals surface area contributed by atoms with Gasteiger partial charge in [0.15, 0.2) is 5.96 Å². The zero-order chi connectivity index (χ0) is 16.5. The van der Waals surface area contributed by atoms with Crippen molar-refractivity contribution in [2.45, 2.75) is 40.2 Å². The van der Waals surface area contributed by atoms with Crippen LogP contribution in [-0.4, -0.2) is 31.0 Å². The zero-order valence-electron chi connectivity index (χ0n) is 14.1. The van der Waals surface area contributed by atoms with Crippen LogP contribution in [0.2, 0.25) is 0 Å². The Labute approximate surface area is 164 Å².